The second-order valence-corrected chi connectivity index (χ2v) is 5.53. The molecule has 1 amide bonds. The third kappa shape index (κ3) is 4.68. The molecule has 0 saturated heterocycles. The smallest absolute Gasteiger partial charge is 0.225 e. The Balaban J connectivity index is 2.29. The SMILES string of the molecule is CCCCC1CCC(C(=O)N(C)CCC#N)CC1. The number of nitrogens with zero attached hydrogens (tertiary/aromatic N) is 2. The van der Waals surface area contributed by atoms with Crippen molar-refractivity contribution in [3.8, 4) is 6.07 Å². The maximum absolute atomic E-state index is 12.1. The Kier molecular flexibility index (Phi) is 6.78. The van der Waals surface area contributed by atoms with Crippen molar-refractivity contribution in [2.75, 3.05) is 13.6 Å². The van der Waals surface area contributed by atoms with E-state index in [1.165, 1.54) is 32.1 Å². The summed E-state index contributed by atoms with van der Waals surface area (Å²) >= 11 is 0. The van der Waals surface area contributed by atoms with Crippen LogP contribution in [0.5, 0.6) is 0 Å². The number of amides is 1. The lowest BCUT2D eigenvalue weighted by Crippen LogP contribution is -2.35. The lowest BCUT2D eigenvalue weighted by molar-refractivity contribution is -0.135. The molecule has 102 valence electrons. The van der Waals surface area contributed by atoms with Gasteiger partial charge in [0, 0.05) is 19.5 Å². The maximum atomic E-state index is 12.1. The number of hydrogen-bond donors (Lipinski definition) is 0. The number of nitriles is 1. The molecule has 1 aliphatic rings. The van der Waals surface area contributed by atoms with E-state index >= 15 is 0 Å². The van der Waals surface area contributed by atoms with E-state index in [0.717, 1.165) is 18.8 Å². The first kappa shape index (κ1) is 15.0. The van der Waals surface area contributed by atoms with E-state index in [4.69, 9.17) is 5.26 Å². The number of carbonyl (C=O) groups excluding carboxylic acids is 1. The maximum Gasteiger partial charge on any atom is 0.225 e. The Morgan fingerprint density at radius 2 is 2.00 bits per heavy atom. The minimum Gasteiger partial charge on any atom is -0.344 e. The monoisotopic (exact) mass is 250 g/mol. The van der Waals surface area contributed by atoms with Gasteiger partial charge in [0.25, 0.3) is 0 Å². The fraction of sp³-hybridized carbons (Fsp3) is 0.867. The Hall–Kier alpha value is -1.04. The Morgan fingerprint density at radius 1 is 1.33 bits per heavy atom. The van der Waals surface area contributed by atoms with Gasteiger partial charge in [-0.1, -0.05) is 26.2 Å². The molecule has 0 aromatic carbocycles. The molecule has 0 heterocycles. The first-order valence-corrected chi connectivity index (χ1v) is 7.31. The normalized spacial score (nSPS) is 23.4. The van der Waals surface area contributed by atoms with Crippen molar-refractivity contribution < 1.29 is 4.79 Å². The summed E-state index contributed by atoms with van der Waals surface area (Å²) in [4.78, 5) is 13.9. The molecule has 3 nitrogen and oxygen atoms in total. The molecule has 0 aliphatic heterocycles. The van der Waals surface area contributed by atoms with Crippen molar-refractivity contribution in [2.45, 2.75) is 58.3 Å². The zero-order chi connectivity index (χ0) is 13.4. The second kappa shape index (κ2) is 8.13. The molecular formula is C15H26N2O. The number of rotatable bonds is 6. The fourth-order valence-corrected chi connectivity index (χ4v) is 2.83. The van der Waals surface area contributed by atoms with Crippen LogP contribution in [-0.4, -0.2) is 24.4 Å². The Bertz CT molecular complexity index is 287. The summed E-state index contributed by atoms with van der Waals surface area (Å²) in [5.74, 6) is 1.31. The molecule has 3 heteroatoms. The van der Waals surface area contributed by atoms with E-state index in [-0.39, 0.29) is 11.8 Å². The van der Waals surface area contributed by atoms with Crippen molar-refractivity contribution >= 4 is 5.91 Å². The predicted molar refractivity (Wildman–Crippen MR) is 72.8 cm³/mol. The molecule has 1 rings (SSSR count). The first-order chi connectivity index (χ1) is 8.69. The summed E-state index contributed by atoms with van der Waals surface area (Å²) < 4.78 is 0. The van der Waals surface area contributed by atoms with Crippen LogP contribution in [0.25, 0.3) is 0 Å². The first-order valence-electron chi connectivity index (χ1n) is 7.31. The van der Waals surface area contributed by atoms with Gasteiger partial charge in [-0.3, -0.25) is 4.79 Å². The summed E-state index contributed by atoms with van der Waals surface area (Å²) in [6, 6.07) is 2.09. The lowest BCUT2D eigenvalue weighted by atomic mass is 9.79. The van der Waals surface area contributed by atoms with Gasteiger partial charge in [-0.25, -0.2) is 0 Å². The van der Waals surface area contributed by atoms with Gasteiger partial charge in [-0.15, -0.1) is 0 Å². The van der Waals surface area contributed by atoms with E-state index in [9.17, 15) is 4.79 Å². The molecule has 1 aliphatic carbocycles. The third-order valence-electron chi connectivity index (χ3n) is 4.10. The minimum absolute atomic E-state index is 0.214. The fourth-order valence-electron chi connectivity index (χ4n) is 2.83. The highest BCUT2D eigenvalue weighted by atomic mass is 16.2. The standard InChI is InChI=1S/C15H26N2O/c1-3-4-6-13-7-9-14(10-8-13)15(18)17(2)12-5-11-16/h13-14H,3-10,12H2,1-2H3. The molecule has 18 heavy (non-hydrogen) atoms. The lowest BCUT2D eigenvalue weighted by Gasteiger charge is -2.30. The van der Waals surface area contributed by atoms with Crippen LogP contribution in [0.4, 0.5) is 0 Å². The van der Waals surface area contributed by atoms with Gasteiger partial charge in [0.1, 0.15) is 0 Å². The highest BCUT2D eigenvalue weighted by Crippen LogP contribution is 2.32. The summed E-state index contributed by atoms with van der Waals surface area (Å²) in [6.45, 7) is 2.81. The van der Waals surface area contributed by atoms with Gasteiger partial charge in [-0.2, -0.15) is 5.26 Å². The molecule has 0 spiro atoms. The van der Waals surface area contributed by atoms with Crippen molar-refractivity contribution in [1.82, 2.24) is 4.90 Å². The van der Waals surface area contributed by atoms with Crippen LogP contribution in [0.15, 0.2) is 0 Å². The Labute approximate surface area is 111 Å². The molecule has 0 unspecified atom stereocenters. The van der Waals surface area contributed by atoms with Gasteiger partial charge in [0.2, 0.25) is 5.91 Å². The van der Waals surface area contributed by atoms with Crippen LogP contribution in [0.2, 0.25) is 0 Å². The van der Waals surface area contributed by atoms with E-state index in [1.54, 1.807) is 4.90 Å². The summed E-state index contributed by atoms with van der Waals surface area (Å²) in [7, 11) is 1.82. The Morgan fingerprint density at radius 3 is 2.56 bits per heavy atom. The molecule has 0 N–H and O–H groups in total. The van der Waals surface area contributed by atoms with Crippen LogP contribution in [-0.2, 0) is 4.79 Å². The van der Waals surface area contributed by atoms with Crippen LogP contribution < -0.4 is 0 Å². The van der Waals surface area contributed by atoms with Crippen molar-refractivity contribution in [3.63, 3.8) is 0 Å². The summed E-state index contributed by atoms with van der Waals surface area (Å²) in [6.07, 6.45) is 8.89. The summed E-state index contributed by atoms with van der Waals surface area (Å²) in [5, 5.41) is 8.54. The van der Waals surface area contributed by atoms with Gasteiger partial charge in [0.15, 0.2) is 0 Å². The number of unbranched alkanes of at least 4 members (excludes halogenated alkanes) is 1. The van der Waals surface area contributed by atoms with Gasteiger partial charge >= 0.3 is 0 Å². The quantitative estimate of drug-likeness (QED) is 0.725. The van der Waals surface area contributed by atoms with E-state index in [0.29, 0.717) is 13.0 Å². The van der Waals surface area contributed by atoms with Crippen molar-refractivity contribution in [3.05, 3.63) is 0 Å². The average molecular weight is 250 g/mol. The molecule has 1 fully saturated rings. The minimum atomic E-state index is 0.214. The highest BCUT2D eigenvalue weighted by Gasteiger charge is 2.27. The zero-order valence-electron chi connectivity index (χ0n) is 11.8. The van der Waals surface area contributed by atoms with Crippen LogP contribution >= 0.6 is 0 Å². The molecule has 1 saturated carbocycles. The molecule has 0 aromatic heterocycles. The average Bonchev–Trinajstić information content (AvgIpc) is 2.42. The van der Waals surface area contributed by atoms with Gasteiger partial charge < -0.3 is 4.90 Å². The van der Waals surface area contributed by atoms with Crippen LogP contribution in [0.1, 0.15) is 58.3 Å². The molecule has 0 radical (unpaired) electrons. The summed E-state index contributed by atoms with van der Waals surface area (Å²) in [5.41, 5.74) is 0. The topological polar surface area (TPSA) is 44.1 Å². The third-order valence-corrected chi connectivity index (χ3v) is 4.10. The zero-order valence-corrected chi connectivity index (χ0v) is 11.8. The van der Waals surface area contributed by atoms with Gasteiger partial charge in [-0.05, 0) is 31.6 Å². The molecule has 0 bridgehead atoms. The van der Waals surface area contributed by atoms with Gasteiger partial charge in [0.05, 0.1) is 12.5 Å². The number of hydrogen-bond acceptors (Lipinski definition) is 2. The highest BCUT2D eigenvalue weighted by molar-refractivity contribution is 5.78. The molecule has 0 aromatic rings. The molecular weight excluding hydrogens is 224 g/mol. The van der Waals surface area contributed by atoms with Crippen molar-refractivity contribution in [2.24, 2.45) is 11.8 Å². The largest absolute Gasteiger partial charge is 0.344 e. The van der Waals surface area contributed by atoms with E-state index < -0.39 is 0 Å². The van der Waals surface area contributed by atoms with Crippen molar-refractivity contribution in [1.29, 1.82) is 5.26 Å². The molecule has 0 atom stereocenters. The van der Waals surface area contributed by atoms with E-state index in [1.807, 2.05) is 7.05 Å². The van der Waals surface area contributed by atoms with Crippen LogP contribution in [0, 0.1) is 23.2 Å². The van der Waals surface area contributed by atoms with E-state index in [2.05, 4.69) is 13.0 Å². The predicted octanol–water partition coefficient (Wildman–Crippen LogP) is 3.36. The number of carbonyl (C=O) groups is 1. The van der Waals surface area contributed by atoms with Crippen LogP contribution in [0.3, 0.4) is 0 Å². The second-order valence-electron chi connectivity index (χ2n) is 5.53.